The first kappa shape index (κ1) is 14.2. The lowest BCUT2D eigenvalue weighted by molar-refractivity contribution is 1.04. The van der Waals surface area contributed by atoms with Gasteiger partial charge >= 0.3 is 0 Å². The van der Waals surface area contributed by atoms with E-state index in [4.69, 9.17) is 5.73 Å². The van der Waals surface area contributed by atoms with Crippen molar-refractivity contribution in [3.63, 3.8) is 0 Å². The van der Waals surface area contributed by atoms with Gasteiger partial charge in [-0.25, -0.2) is 4.98 Å². The fourth-order valence-electron chi connectivity index (χ4n) is 2.08. The van der Waals surface area contributed by atoms with E-state index in [0.29, 0.717) is 11.6 Å². The maximum Gasteiger partial charge on any atom is 0.259 e. The van der Waals surface area contributed by atoms with Gasteiger partial charge in [0.1, 0.15) is 10.7 Å². The minimum Gasteiger partial charge on any atom is -0.399 e. The van der Waals surface area contributed by atoms with Crippen molar-refractivity contribution >= 4 is 39.0 Å². The van der Waals surface area contributed by atoms with Gasteiger partial charge in [-0.15, -0.1) is 23.1 Å². The number of aromatic nitrogens is 2. The molecule has 0 aliphatic heterocycles. The fraction of sp³-hybridized carbons (Fsp3) is 0.200. The van der Waals surface area contributed by atoms with E-state index in [-0.39, 0.29) is 5.56 Å². The highest BCUT2D eigenvalue weighted by molar-refractivity contribution is 7.98. The monoisotopic (exact) mass is 317 g/mol. The van der Waals surface area contributed by atoms with Crippen molar-refractivity contribution in [2.45, 2.75) is 24.5 Å². The van der Waals surface area contributed by atoms with Crippen LogP contribution in [0.2, 0.25) is 0 Å². The summed E-state index contributed by atoms with van der Waals surface area (Å²) in [5, 5.41) is 0.721. The number of thioether (sulfide) groups is 1. The van der Waals surface area contributed by atoms with Crippen LogP contribution in [0.15, 0.2) is 34.0 Å². The lowest BCUT2D eigenvalue weighted by Gasteiger charge is -2.02. The Balaban J connectivity index is 1.88. The number of fused-ring (bicyclic) bond motifs is 1. The summed E-state index contributed by atoms with van der Waals surface area (Å²) in [5.74, 6) is 1.33. The minimum absolute atomic E-state index is 0.0465. The van der Waals surface area contributed by atoms with Crippen LogP contribution in [0.4, 0.5) is 5.69 Å². The zero-order valence-corrected chi connectivity index (χ0v) is 13.4. The Labute approximate surface area is 130 Å². The molecule has 3 N–H and O–H groups in total. The number of nitrogen functional groups attached to an aromatic ring is 1. The minimum atomic E-state index is -0.0465. The van der Waals surface area contributed by atoms with Gasteiger partial charge in [0.05, 0.1) is 11.1 Å². The number of H-pyrrole nitrogens is 1. The van der Waals surface area contributed by atoms with Crippen molar-refractivity contribution in [2.75, 3.05) is 5.73 Å². The Hall–Kier alpha value is -1.79. The second kappa shape index (κ2) is 5.54. The summed E-state index contributed by atoms with van der Waals surface area (Å²) in [6.07, 6.45) is 0. The molecule has 0 aliphatic rings. The molecule has 3 aromatic rings. The van der Waals surface area contributed by atoms with Crippen LogP contribution in [0.3, 0.4) is 0 Å². The third-order valence-corrected chi connectivity index (χ3v) is 5.47. The van der Waals surface area contributed by atoms with Crippen molar-refractivity contribution in [1.29, 1.82) is 0 Å². The molecule has 3 rings (SSSR count). The number of aromatic amines is 1. The number of thiophene rings is 1. The van der Waals surface area contributed by atoms with Gasteiger partial charge < -0.3 is 10.7 Å². The average molecular weight is 317 g/mol. The molecular formula is C15H15N3OS2. The molecule has 2 heterocycles. The van der Waals surface area contributed by atoms with E-state index >= 15 is 0 Å². The lowest BCUT2D eigenvalue weighted by Crippen LogP contribution is -2.10. The first-order valence-electron chi connectivity index (χ1n) is 6.52. The van der Waals surface area contributed by atoms with E-state index < -0.39 is 0 Å². The number of hydrogen-bond acceptors (Lipinski definition) is 5. The van der Waals surface area contributed by atoms with E-state index in [1.807, 2.05) is 38.1 Å². The Morgan fingerprint density at radius 2 is 2.00 bits per heavy atom. The van der Waals surface area contributed by atoms with Crippen LogP contribution >= 0.6 is 23.1 Å². The summed E-state index contributed by atoms with van der Waals surface area (Å²) >= 11 is 3.20. The van der Waals surface area contributed by atoms with E-state index in [9.17, 15) is 4.79 Å². The molecule has 21 heavy (non-hydrogen) atoms. The van der Waals surface area contributed by atoms with Gasteiger partial charge in [-0.3, -0.25) is 4.79 Å². The van der Waals surface area contributed by atoms with Crippen molar-refractivity contribution < 1.29 is 0 Å². The van der Waals surface area contributed by atoms with Gasteiger partial charge in [0.15, 0.2) is 0 Å². The number of anilines is 1. The number of aryl methyl sites for hydroxylation is 2. The number of hydrogen-bond donors (Lipinski definition) is 2. The van der Waals surface area contributed by atoms with Crippen molar-refractivity contribution in [3.8, 4) is 0 Å². The van der Waals surface area contributed by atoms with E-state index in [2.05, 4.69) is 9.97 Å². The summed E-state index contributed by atoms with van der Waals surface area (Å²) < 4.78 is 0. The summed E-state index contributed by atoms with van der Waals surface area (Å²) in [6, 6.07) is 7.67. The highest BCUT2D eigenvalue weighted by atomic mass is 32.2. The van der Waals surface area contributed by atoms with Gasteiger partial charge in [-0.1, -0.05) is 0 Å². The van der Waals surface area contributed by atoms with Crippen molar-refractivity contribution in [2.24, 2.45) is 0 Å². The molecule has 6 heteroatoms. The first-order valence-corrected chi connectivity index (χ1v) is 8.32. The van der Waals surface area contributed by atoms with E-state index in [1.54, 1.807) is 23.1 Å². The van der Waals surface area contributed by atoms with Gasteiger partial charge in [0.25, 0.3) is 5.56 Å². The molecule has 0 saturated carbocycles. The molecule has 0 aliphatic carbocycles. The van der Waals surface area contributed by atoms with Crippen LogP contribution in [0.1, 0.15) is 16.3 Å². The zero-order chi connectivity index (χ0) is 15.0. The molecule has 108 valence electrons. The molecule has 2 aromatic heterocycles. The normalized spacial score (nSPS) is 11.1. The van der Waals surface area contributed by atoms with Crippen LogP contribution in [-0.2, 0) is 5.75 Å². The number of nitrogens with zero attached hydrogens (tertiary/aromatic N) is 1. The first-order chi connectivity index (χ1) is 10.0. The second-order valence-corrected chi connectivity index (χ2v) is 7.09. The SMILES string of the molecule is Cc1sc2nc(CSc3ccc(N)cc3)[nH]c(=O)c2c1C. The van der Waals surface area contributed by atoms with E-state index in [0.717, 1.165) is 31.2 Å². The third-order valence-electron chi connectivity index (χ3n) is 3.34. The third kappa shape index (κ3) is 2.82. The molecule has 0 radical (unpaired) electrons. The molecule has 0 fully saturated rings. The molecular weight excluding hydrogens is 302 g/mol. The smallest absolute Gasteiger partial charge is 0.259 e. The van der Waals surface area contributed by atoms with Crippen LogP contribution in [0.25, 0.3) is 10.2 Å². The highest BCUT2D eigenvalue weighted by Gasteiger charge is 2.11. The molecule has 1 aromatic carbocycles. The Bertz CT molecular complexity index is 850. The van der Waals surface area contributed by atoms with Crippen LogP contribution in [-0.4, -0.2) is 9.97 Å². The molecule has 0 amide bonds. The predicted octanol–water partition coefficient (Wildman–Crippen LogP) is 3.48. The molecule has 0 unspecified atom stereocenters. The van der Waals surface area contributed by atoms with Crippen molar-refractivity contribution in [3.05, 3.63) is 50.9 Å². The standard InChI is InChI=1S/C15H15N3OS2/c1-8-9(2)21-15-13(8)14(19)17-12(18-15)7-20-11-5-3-10(16)4-6-11/h3-6H,7,16H2,1-2H3,(H,17,18,19). The van der Waals surface area contributed by atoms with Crippen LogP contribution in [0.5, 0.6) is 0 Å². The summed E-state index contributed by atoms with van der Waals surface area (Å²) in [4.78, 5) is 22.7. The Kier molecular flexibility index (Phi) is 3.73. The Morgan fingerprint density at radius 1 is 1.29 bits per heavy atom. The molecule has 0 atom stereocenters. The van der Waals surface area contributed by atoms with Crippen LogP contribution in [0, 0.1) is 13.8 Å². The summed E-state index contributed by atoms with van der Waals surface area (Å²) in [6.45, 7) is 3.98. The number of rotatable bonds is 3. The Morgan fingerprint density at radius 3 is 2.71 bits per heavy atom. The fourth-order valence-corrected chi connectivity index (χ4v) is 3.90. The molecule has 0 saturated heterocycles. The summed E-state index contributed by atoms with van der Waals surface area (Å²) in [7, 11) is 0. The predicted molar refractivity (Wildman–Crippen MR) is 90.1 cm³/mol. The number of benzene rings is 1. The molecule has 0 bridgehead atoms. The van der Waals surface area contributed by atoms with Gasteiger partial charge in [0, 0.05) is 15.5 Å². The maximum absolute atomic E-state index is 12.2. The maximum atomic E-state index is 12.2. The largest absolute Gasteiger partial charge is 0.399 e. The van der Waals surface area contributed by atoms with Crippen LogP contribution < -0.4 is 11.3 Å². The van der Waals surface area contributed by atoms with E-state index in [1.165, 1.54) is 0 Å². The lowest BCUT2D eigenvalue weighted by atomic mass is 10.2. The summed E-state index contributed by atoms with van der Waals surface area (Å²) in [5.41, 5.74) is 7.39. The van der Waals surface area contributed by atoms with Gasteiger partial charge in [0.2, 0.25) is 0 Å². The number of nitrogens with one attached hydrogen (secondary N) is 1. The highest BCUT2D eigenvalue weighted by Crippen LogP contribution is 2.27. The molecule has 0 spiro atoms. The second-order valence-electron chi connectivity index (χ2n) is 4.83. The number of nitrogens with two attached hydrogens (primary N) is 1. The van der Waals surface area contributed by atoms with Gasteiger partial charge in [-0.2, -0.15) is 0 Å². The molecule has 4 nitrogen and oxygen atoms in total. The quantitative estimate of drug-likeness (QED) is 0.573. The zero-order valence-electron chi connectivity index (χ0n) is 11.8. The topological polar surface area (TPSA) is 71.8 Å². The van der Waals surface area contributed by atoms with Crippen molar-refractivity contribution in [1.82, 2.24) is 9.97 Å². The van der Waals surface area contributed by atoms with Gasteiger partial charge in [-0.05, 0) is 43.7 Å². The average Bonchev–Trinajstić information content (AvgIpc) is 2.74.